The number of alkyl halides is 1. The maximum Gasteiger partial charge on any atom is 0.423 e. The lowest BCUT2D eigenvalue weighted by molar-refractivity contribution is 0.202. The standard InChI is InChI=1S/C11H14BrNO4S/c1-8-3-5-10(6-4-8)18(15,16)17-11(14)13-7-9(2)12/h3-6,9H,7H2,1-2H3,(H,13,14). The van der Waals surface area contributed by atoms with Crippen molar-refractivity contribution in [2.45, 2.75) is 23.6 Å². The Balaban J connectivity index is 2.70. The molecule has 1 rings (SSSR count). The molecule has 0 heterocycles. The summed E-state index contributed by atoms with van der Waals surface area (Å²) in [6.07, 6.45) is -0.984. The smallest absolute Gasteiger partial charge is 0.324 e. The number of benzene rings is 1. The first kappa shape index (κ1) is 15.0. The molecule has 1 atom stereocenters. The molecule has 100 valence electrons. The first-order valence-corrected chi connectivity index (χ1v) is 7.57. The van der Waals surface area contributed by atoms with Crippen molar-refractivity contribution in [3.8, 4) is 0 Å². The van der Waals surface area contributed by atoms with Crippen LogP contribution in [0.5, 0.6) is 0 Å². The van der Waals surface area contributed by atoms with Gasteiger partial charge in [-0.2, -0.15) is 8.42 Å². The third kappa shape index (κ3) is 4.66. The van der Waals surface area contributed by atoms with Crippen LogP contribution in [-0.4, -0.2) is 25.9 Å². The van der Waals surface area contributed by atoms with Gasteiger partial charge in [-0.05, 0) is 19.1 Å². The molecule has 0 spiro atoms. The number of carbonyl (C=O) groups is 1. The minimum atomic E-state index is -4.05. The number of rotatable bonds is 4. The number of nitrogens with one attached hydrogen (secondary N) is 1. The van der Waals surface area contributed by atoms with Gasteiger partial charge in [0.2, 0.25) is 0 Å². The minimum Gasteiger partial charge on any atom is -0.324 e. The van der Waals surface area contributed by atoms with E-state index in [1.54, 1.807) is 12.1 Å². The fourth-order valence-corrected chi connectivity index (χ4v) is 2.09. The Hall–Kier alpha value is -1.08. The molecule has 0 bridgehead atoms. The lowest BCUT2D eigenvalue weighted by Gasteiger charge is -2.08. The highest BCUT2D eigenvalue weighted by Crippen LogP contribution is 2.13. The van der Waals surface area contributed by atoms with Crippen LogP contribution in [0.1, 0.15) is 12.5 Å². The zero-order valence-corrected chi connectivity index (χ0v) is 12.4. The van der Waals surface area contributed by atoms with E-state index in [1.807, 2.05) is 13.8 Å². The van der Waals surface area contributed by atoms with Gasteiger partial charge in [0, 0.05) is 11.4 Å². The van der Waals surface area contributed by atoms with Crippen molar-refractivity contribution < 1.29 is 17.4 Å². The van der Waals surface area contributed by atoms with E-state index in [1.165, 1.54) is 12.1 Å². The van der Waals surface area contributed by atoms with Gasteiger partial charge >= 0.3 is 16.2 Å². The Morgan fingerprint density at radius 2 is 1.94 bits per heavy atom. The van der Waals surface area contributed by atoms with Crippen LogP contribution < -0.4 is 5.32 Å². The third-order valence-electron chi connectivity index (χ3n) is 2.02. The van der Waals surface area contributed by atoms with E-state index < -0.39 is 16.2 Å². The maximum absolute atomic E-state index is 11.7. The Morgan fingerprint density at radius 3 is 2.44 bits per heavy atom. The molecule has 0 aliphatic rings. The summed E-state index contributed by atoms with van der Waals surface area (Å²) in [5.41, 5.74) is 0.923. The monoisotopic (exact) mass is 335 g/mol. The van der Waals surface area contributed by atoms with Gasteiger partial charge in [0.05, 0.1) is 0 Å². The van der Waals surface area contributed by atoms with Crippen LogP contribution >= 0.6 is 15.9 Å². The van der Waals surface area contributed by atoms with E-state index in [0.717, 1.165) is 5.56 Å². The van der Waals surface area contributed by atoms with Crippen LogP contribution in [0, 0.1) is 6.92 Å². The second-order valence-electron chi connectivity index (χ2n) is 3.80. The predicted molar refractivity (Wildman–Crippen MR) is 71.2 cm³/mol. The van der Waals surface area contributed by atoms with Gasteiger partial charge in [-0.3, -0.25) is 0 Å². The maximum atomic E-state index is 11.7. The van der Waals surface area contributed by atoms with Crippen molar-refractivity contribution >= 4 is 32.1 Å². The van der Waals surface area contributed by atoms with Crippen molar-refractivity contribution in [3.05, 3.63) is 29.8 Å². The number of hydrogen-bond donors (Lipinski definition) is 1. The second kappa shape index (κ2) is 6.19. The predicted octanol–water partition coefficient (Wildman–Crippen LogP) is 2.19. The molecule has 5 nitrogen and oxygen atoms in total. The summed E-state index contributed by atoms with van der Waals surface area (Å²) >= 11 is 3.22. The van der Waals surface area contributed by atoms with Gasteiger partial charge in [0.1, 0.15) is 4.90 Å². The lowest BCUT2D eigenvalue weighted by atomic mass is 10.2. The molecule has 0 aliphatic carbocycles. The van der Waals surface area contributed by atoms with Crippen molar-refractivity contribution in [1.29, 1.82) is 0 Å². The second-order valence-corrected chi connectivity index (χ2v) is 6.91. The summed E-state index contributed by atoms with van der Waals surface area (Å²) in [7, 11) is -4.05. The van der Waals surface area contributed by atoms with Crippen molar-refractivity contribution in [3.63, 3.8) is 0 Å². The Labute approximate surface area is 115 Å². The van der Waals surface area contributed by atoms with Gasteiger partial charge in [-0.25, -0.2) is 4.79 Å². The van der Waals surface area contributed by atoms with Crippen molar-refractivity contribution in [2.24, 2.45) is 0 Å². The van der Waals surface area contributed by atoms with Crippen molar-refractivity contribution in [2.75, 3.05) is 6.54 Å². The molecule has 1 aromatic rings. The molecule has 1 amide bonds. The highest BCUT2D eigenvalue weighted by atomic mass is 79.9. The number of hydrogen-bond acceptors (Lipinski definition) is 4. The zero-order valence-electron chi connectivity index (χ0n) is 10.0. The van der Waals surface area contributed by atoms with Crippen LogP contribution in [0.3, 0.4) is 0 Å². The summed E-state index contributed by atoms with van der Waals surface area (Å²) in [4.78, 5) is 11.3. The van der Waals surface area contributed by atoms with Crippen LogP contribution in [-0.2, 0) is 14.3 Å². The topological polar surface area (TPSA) is 72.5 Å². The van der Waals surface area contributed by atoms with E-state index in [2.05, 4.69) is 25.4 Å². The normalized spacial score (nSPS) is 12.8. The van der Waals surface area contributed by atoms with Gasteiger partial charge in [0.25, 0.3) is 0 Å². The summed E-state index contributed by atoms with van der Waals surface area (Å²) in [6, 6.07) is 6.06. The Bertz CT molecular complexity index is 510. The third-order valence-corrected chi connectivity index (χ3v) is 3.57. The summed E-state index contributed by atoms with van der Waals surface area (Å²) in [5, 5.41) is 2.33. The van der Waals surface area contributed by atoms with Gasteiger partial charge in [-0.15, -0.1) is 0 Å². The molecule has 0 saturated heterocycles. The lowest BCUT2D eigenvalue weighted by Crippen LogP contribution is -2.30. The quantitative estimate of drug-likeness (QED) is 0.676. The summed E-state index contributed by atoms with van der Waals surface area (Å²) in [5.74, 6) is 0. The first-order chi connectivity index (χ1) is 8.31. The van der Waals surface area contributed by atoms with Gasteiger partial charge < -0.3 is 9.50 Å². The summed E-state index contributed by atoms with van der Waals surface area (Å²) < 4.78 is 27.8. The van der Waals surface area contributed by atoms with Crippen LogP contribution in [0.2, 0.25) is 0 Å². The molecule has 0 aliphatic heterocycles. The van der Waals surface area contributed by atoms with E-state index in [0.29, 0.717) is 0 Å². The molecule has 0 aromatic heterocycles. The number of carbonyl (C=O) groups excluding carboxylic acids is 1. The molecular weight excluding hydrogens is 322 g/mol. The van der Waals surface area contributed by atoms with Crippen molar-refractivity contribution in [1.82, 2.24) is 5.32 Å². The average molecular weight is 336 g/mol. The van der Waals surface area contributed by atoms with Gasteiger partial charge in [-0.1, -0.05) is 40.5 Å². The fraction of sp³-hybridized carbons (Fsp3) is 0.364. The molecule has 18 heavy (non-hydrogen) atoms. The average Bonchev–Trinajstić information content (AvgIpc) is 2.26. The number of amides is 1. The van der Waals surface area contributed by atoms with E-state index in [9.17, 15) is 13.2 Å². The highest BCUT2D eigenvalue weighted by Gasteiger charge is 2.19. The zero-order chi connectivity index (χ0) is 13.8. The van der Waals surface area contributed by atoms with E-state index in [4.69, 9.17) is 0 Å². The largest absolute Gasteiger partial charge is 0.423 e. The molecule has 0 saturated carbocycles. The molecule has 0 radical (unpaired) electrons. The minimum absolute atomic E-state index is 0.0344. The van der Waals surface area contributed by atoms with Crippen LogP contribution in [0.25, 0.3) is 0 Å². The van der Waals surface area contributed by atoms with E-state index >= 15 is 0 Å². The van der Waals surface area contributed by atoms with E-state index in [-0.39, 0.29) is 16.3 Å². The Kier molecular flexibility index (Phi) is 5.15. The van der Waals surface area contributed by atoms with Gasteiger partial charge in [0.15, 0.2) is 0 Å². The SMILES string of the molecule is Cc1ccc(S(=O)(=O)OC(=O)NCC(C)Br)cc1. The Morgan fingerprint density at radius 1 is 1.39 bits per heavy atom. The molecule has 1 unspecified atom stereocenters. The molecule has 1 N–H and O–H groups in total. The number of aryl methyl sites for hydroxylation is 1. The molecular formula is C11H14BrNO4S. The number of halogens is 1. The molecule has 1 aromatic carbocycles. The molecule has 0 fully saturated rings. The first-order valence-electron chi connectivity index (χ1n) is 5.24. The fourth-order valence-electron chi connectivity index (χ4n) is 1.11. The highest BCUT2D eigenvalue weighted by molar-refractivity contribution is 9.09. The van der Waals surface area contributed by atoms with Crippen LogP contribution in [0.4, 0.5) is 4.79 Å². The van der Waals surface area contributed by atoms with Crippen LogP contribution in [0.15, 0.2) is 29.2 Å². The summed E-state index contributed by atoms with van der Waals surface area (Å²) in [6.45, 7) is 3.93. The molecule has 7 heteroatoms.